The predicted molar refractivity (Wildman–Crippen MR) is 71.3 cm³/mol. The number of hydrogen-bond acceptors (Lipinski definition) is 2. The van der Waals surface area contributed by atoms with Crippen molar-refractivity contribution in [3.63, 3.8) is 0 Å². The molecule has 1 fully saturated rings. The van der Waals surface area contributed by atoms with Gasteiger partial charge in [0.2, 0.25) is 5.91 Å². The van der Waals surface area contributed by atoms with Gasteiger partial charge in [0.05, 0.1) is 9.26 Å². The second-order valence-corrected chi connectivity index (χ2v) is 4.94. The van der Waals surface area contributed by atoms with Gasteiger partial charge in [0.15, 0.2) is 0 Å². The van der Waals surface area contributed by atoms with Crippen LogP contribution in [0.2, 0.25) is 5.15 Å². The first-order chi connectivity index (χ1) is 7.63. The number of aromatic nitrogens is 1. The molecule has 0 spiro atoms. The third-order valence-corrected chi connectivity index (χ3v) is 4.15. The molecule has 0 aromatic carbocycles. The zero-order chi connectivity index (χ0) is 11.7. The number of carbonyl (C=O) groups is 1. The summed E-state index contributed by atoms with van der Waals surface area (Å²) in [7, 11) is 0. The lowest BCUT2D eigenvalue weighted by Crippen LogP contribution is -2.25. The van der Waals surface area contributed by atoms with E-state index in [1.54, 1.807) is 17.2 Å². The molecule has 0 bridgehead atoms. The minimum absolute atomic E-state index is 0.00441. The maximum Gasteiger partial charge on any atom is 0.228 e. The second kappa shape index (κ2) is 4.60. The molecular formula is C11H8ClIN2O. The highest BCUT2D eigenvalue weighted by molar-refractivity contribution is 14.1. The molecule has 1 aromatic heterocycles. The molecule has 1 amide bonds. The molecule has 0 saturated carbocycles. The highest BCUT2D eigenvalue weighted by Gasteiger charge is 2.30. The van der Waals surface area contributed by atoms with Gasteiger partial charge in [-0.15, -0.1) is 12.3 Å². The monoisotopic (exact) mass is 346 g/mol. The Morgan fingerprint density at radius 2 is 2.44 bits per heavy atom. The number of nitrogens with zero attached hydrogens (tertiary/aromatic N) is 2. The minimum Gasteiger partial charge on any atom is -0.310 e. The molecule has 1 aliphatic rings. The quantitative estimate of drug-likeness (QED) is 0.444. The van der Waals surface area contributed by atoms with Gasteiger partial charge in [-0.3, -0.25) is 4.79 Å². The molecule has 1 unspecified atom stereocenters. The molecule has 2 rings (SSSR count). The number of carbonyl (C=O) groups excluding carboxylic acids is 1. The van der Waals surface area contributed by atoms with E-state index in [-0.39, 0.29) is 11.8 Å². The van der Waals surface area contributed by atoms with Gasteiger partial charge in [0.25, 0.3) is 0 Å². The SMILES string of the molecule is C#CC1CC(=O)N(c2ccnc(Cl)c2I)C1. The van der Waals surface area contributed by atoms with Gasteiger partial charge in [-0.2, -0.15) is 0 Å². The fourth-order valence-corrected chi connectivity index (χ4v) is 2.43. The molecule has 16 heavy (non-hydrogen) atoms. The molecule has 2 heterocycles. The van der Waals surface area contributed by atoms with Crippen LogP contribution in [0.3, 0.4) is 0 Å². The Labute approximate surface area is 112 Å². The topological polar surface area (TPSA) is 33.2 Å². The minimum atomic E-state index is -0.00441. The first-order valence-electron chi connectivity index (χ1n) is 4.70. The fourth-order valence-electron chi connectivity index (χ4n) is 1.67. The average Bonchev–Trinajstić information content (AvgIpc) is 2.64. The Hall–Kier alpha value is -0.800. The van der Waals surface area contributed by atoms with Crippen molar-refractivity contribution in [2.45, 2.75) is 6.42 Å². The van der Waals surface area contributed by atoms with Crippen LogP contribution in [0.4, 0.5) is 5.69 Å². The first-order valence-corrected chi connectivity index (χ1v) is 6.15. The Morgan fingerprint density at radius 3 is 3.06 bits per heavy atom. The van der Waals surface area contributed by atoms with E-state index >= 15 is 0 Å². The van der Waals surface area contributed by atoms with Crippen molar-refractivity contribution in [1.29, 1.82) is 0 Å². The number of hydrogen-bond donors (Lipinski definition) is 0. The van der Waals surface area contributed by atoms with E-state index in [2.05, 4.69) is 33.5 Å². The summed E-state index contributed by atoms with van der Waals surface area (Å²) < 4.78 is 0.785. The molecule has 1 aromatic rings. The maximum absolute atomic E-state index is 11.8. The normalized spacial score (nSPS) is 19.9. The molecule has 3 nitrogen and oxygen atoms in total. The Balaban J connectivity index is 2.36. The summed E-state index contributed by atoms with van der Waals surface area (Å²) in [4.78, 5) is 17.4. The number of rotatable bonds is 1. The van der Waals surface area contributed by atoms with Crippen molar-refractivity contribution < 1.29 is 4.79 Å². The average molecular weight is 347 g/mol. The summed E-state index contributed by atoms with van der Waals surface area (Å²) in [6, 6.07) is 1.78. The Morgan fingerprint density at radius 1 is 1.69 bits per heavy atom. The molecule has 0 N–H and O–H groups in total. The summed E-state index contributed by atoms with van der Waals surface area (Å²) in [6.45, 7) is 0.561. The maximum atomic E-state index is 11.8. The highest BCUT2D eigenvalue weighted by Crippen LogP contribution is 2.31. The van der Waals surface area contributed by atoms with Crippen molar-refractivity contribution in [3.8, 4) is 12.3 Å². The van der Waals surface area contributed by atoms with Crippen LogP contribution in [-0.4, -0.2) is 17.4 Å². The third-order valence-electron chi connectivity index (χ3n) is 2.48. The zero-order valence-electron chi connectivity index (χ0n) is 8.28. The van der Waals surface area contributed by atoms with Gasteiger partial charge in [0, 0.05) is 25.1 Å². The van der Waals surface area contributed by atoms with Gasteiger partial charge in [-0.25, -0.2) is 4.98 Å². The molecule has 82 valence electrons. The molecule has 5 heteroatoms. The summed E-state index contributed by atoms with van der Waals surface area (Å²) in [5, 5.41) is 0.412. The van der Waals surface area contributed by atoms with Crippen LogP contribution in [0, 0.1) is 21.8 Å². The molecular weight excluding hydrogens is 338 g/mol. The summed E-state index contributed by atoms with van der Waals surface area (Å²) in [5.74, 6) is 2.65. The summed E-state index contributed by atoms with van der Waals surface area (Å²) >= 11 is 8.00. The van der Waals surface area contributed by atoms with Crippen LogP contribution in [-0.2, 0) is 4.79 Å². The smallest absolute Gasteiger partial charge is 0.228 e. The number of pyridine rings is 1. The van der Waals surface area contributed by atoms with Crippen LogP contribution >= 0.6 is 34.2 Å². The third kappa shape index (κ3) is 2.02. The van der Waals surface area contributed by atoms with E-state index in [0.29, 0.717) is 18.1 Å². The van der Waals surface area contributed by atoms with Crippen LogP contribution < -0.4 is 4.90 Å². The summed E-state index contributed by atoms with van der Waals surface area (Å²) in [6.07, 6.45) is 7.34. The Kier molecular flexibility index (Phi) is 3.36. The molecule has 0 radical (unpaired) electrons. The number of anilines is 1. The lowest BCUT2D eigenvalue weighted by atomic mass is 10.1. The van der Waals surface area contributed by atoms with E-state index in [4.69, 9.17) is 18.0 Å². The lowest BCUT2D eigenvalue weighted by Gasteiger charge is -2.17. The van der Waals surface area contributed by atoms with E-state index in [0.717, 1.165) is 9.26 Å². The number of amides is 1. The van der Waals surface area contributed by atoms with Crippen LogP contribution in [0.1, 0.15) is 6.42 Å². The van der Waals surface area contributed by atoms with E-state index in [9.17, 15) is 4.79 Å². The van der Waals surface area contributed by atoms with Crippen LogP contribution in [0.5, 0.6) is 0 Å². The van der Waals surface area contributed by atoms with Crippen molar-refractivity contribution in [2.24, 2.45) is 5.92 Å². The zero-order valence-corrected chi connectivity index (χ0v) is 11.2. The standard InChI is InChI=1S/C11H8ClIN2O/c1-2-7-5-9(16)15(6-7)8-3-4-14-11(12)10(8)13/h1,3-4,7H,5-6H2. The highest BCUT2D eigenvalue weighted by atomic mass is 127. The van der Waals surface area contributed by atoms with Crippen LogP contribution in [0.15, 0.2) is 12.3 Å². The molecule has 1 aliphatic heterocycles. The molecule has 1 atom stereocenters. The lowest BCUT2D eigenvalue weighted by molar-refractivity contribution is -0.117. The number of halogens is 2. The van der Waals surface area contributed by atoms with Gasteiger partial charge < -0.3 is 4.90 Å². The van der Waals surface area contributed by atoms with Crippen molar-refractivity contribution >= 4 is 45.8 Å². The molecule has 0 aliphatic carbocycles. The van der Waals surface area contributed by atoms with Gasteiger partial charge in [-0.1, -0.05) is 11.6 Å². The largest absolute Gasteiger partial charge is 0.310 e. The van der Waals surface area contributed by atoms with E-state index in [1.807, 2.05) is 0 Å². The number of terminal acetylenes is 1. The first kappa shape index (κ1) is 11.7. The van der Waals surface area contributed by atoms with Crippen molar-refractivity contribution in [1.82, 2.24) is 4.98 Å². The second-order valence-electron chi connectivity index (χ2n) is 3.51. The van der Waals surface area contributed by atoms with Gasteiger partial charge in [0.1, 0.15) is 5.15 Å². The fraction of sp³-hybridized carbons (Fsp3) is 0.273. The van der Waals surface area contributed by atoms with Gasteiger partial charge >= 0.3 is 0 Å². The van der Waals surface area contributed by atoms with Gasteiger partial charge in [-0.05, 0) is 28.7 Å². The van der Waals surface area contributed by atoms with Crippen molar-refractivity contribution in [3.05, 3.63) is 21.0 Å². The van der Waals surface area contributed by atoms with E-state index in [1.165, 1.54) is 0 Å². The van der Waals surface area contributed by atoms with Crippen LogP contribution in [0.25, 0.3) is 0 Å². The summed E-state index contributed by atoms with van der Waals surface area (Å²) in [5.41, 5.74) is 0.795. The molecule has 1 saturated heterocycles. The Bertz CT molecular complexity index is 483. The van der Waals surface area contributed by atoms with Crippen molar-refractivity contribution in [2.75, 3.05) is 11.4 Å². The predicted octanol–water partition coefficient (Wildman–Crippen LogP) is 2.33. The van der Waals surface area contributed by atoms with E-state index < -0.39 is 0 Å².